The number of anilines is 1. The summed E-state index contributed by atoms with van der Waals surface area (Å²) in [6.07, 6.45) is 6.95. The number of carbonyl (C=O) groups is 2. The highest BCUT2D eigenvalue weighted by Gasteiger charge is 2.31. The average molecular weight is 517 g/mol. The summed E-state index contributed by atoms with van der Waals surface area (Å²) in [6, 6.07) is 9.49. The predicted molar refractivity (Wildman–Crippen MR) is 138 cm³/mol. The standard InChI is InChI=1S/C26H25N7O5/c1-37-18-14-30-23(28-10-9-27)21-20(18)17(13-29-21)22(34)25(35)33-11-7-16(8-12-33)19(15-5-3-2-4-6-15)24-31-32-26(36)38-24/h2-6,9-10,13-14,29H,7-8,11-12,27H2,1H3,(H,28,30)(H,32,36)/p+1/b10-9-. The molecule has 1 aliphatic rings. The number of nitrogens with zero attached hydrogens (tertiary/aromatic N) is 2. The van der Waals surface area contributed by atoms with Crippen LogP contribution in [0, 0.1) is 0 Å². The number of fused-ring (bicyclic) bond motifs is 1. The first kappa shape index (κ1) is 24.6. The molecule has 12 nitrogen and oxygen atoms in total. The van der Waals surface area contributed by atoms with Crippen molar-refractivity contribution < 1.29 is 23.7 Å². The molecule has 1 amide bonds. The van der Waals surface area contributed by atoms with Gasteiger partial charge < -0.3 is 24.8 Å². The molecule has 1 aromatic carbocycles. The molecule has 0 atom stereocenters. The van der Waals surface area contributed by atoms with Gasteiger partial charge >= 0.3 is 11.6 Å². The van der Waals surface area contributed by atoms with Crippen LogP contribution in [0.15, 0.2) is 69.9 Å². The molecule has 0 bridgehead atoms. The molecule has 0 aliphatic carbocycles. The van der Waals surface area contributed by atoms with Crippen molar-refractivity contribution in [2.24, 2.45) is 5.73 Å². The molecule has 12 heteroatoms. The lowest BCUT2D eigenvalue weighted by Gasteiger charge is -2.29. The van der Waals surface area contributed by atoms with E-state index in [0.717, 1.165) is 11.1 Å². The Morgan fingerprint density at radius 1 is 1.24 bits per heavy atom. The molecule has 38 heavy (non-hydrogen) atoms. The number of carbonyl (C=O) groups excluding carboxylic acids is 2. The summed E-state index contributed by atoms with van der Waals surface area (Å²) in [4.78, 5) is 45.9. The van der Waals surface area contributed by atoms with Gasteiger partial charge in [0.05, 0.1) is 18.1 Å². The second-order valence-corrected chi connectivity index (χ2v) is 8.57. The van der Waals surface area contributed by atoms with E-state index in [1.807, 2.05) is 30.3 Å². The maximum absolute atomic E-state index is 13.4. The third-order valence-electron chi connectivity index (χ3n) is 6.43. The zero-order valence-electron chi connectivity index (χ0n) is 20.5. The number of benzene rings is 1. The molecule has 1 aliphatic heterocycles. The highest BCUT2D eigenvalue weighted by Crippen LogP contribution is 2.33. The Morgan fingerprint density at radius 3 is 2.66 bits per heavy atom. The fourth-order valence-corrected chi connectivity index (χ4v) is 4.65. The lowest BCUT2D eigenvalue weighted by atomic mass is 9.92. The van der Waals surface area contributed by atoms with Gasteiger partial charge in [-0.1, -0.05) is 35.9 Å². The van der Waals surface area contributed by atoms with Gasteiger partial charge in [-0.05, 0) is 18.4 Å². The first-order valence-electron chi connectivity index (χ1n) is 11.9. The van der Waals surface area contributed by atoms with Crippen molar-refractivity contribution in [1.82, 2.24) is 20.1 Å². The van der Waals surface area contributed by atoms with Crippen LogP contribution in [-0.4, -0.2) is 52.0 Å². The number of likely N-dealkylation sites (tertiary alicyclic amines) is 1. The second-order valence-electron chi connectivity index (χ2n) is 8.57. The lowest BCUT2D eigenvalue weighted by Crippen LogP contribution is -2.40. The van der Waals surface area contributed by atoms with Crippen LogP contribution in [0.25, 0.3) is 16.5 Å². The Hall–Kier alpha value is -5.13. The van der Waals surface area contributed by atoms with E-state index >= 15 is 0 Å². The molecular formula is C26H26N7O5+. The smallest absolute Gasteiger partial charge is 0.434 e. The number of amides is 1. The molecule has 0 unspecified atom stereocenters. The first-order chi connectivity index (χ1) is 18.5. The first-order valence-corrected chi connectivity index (χ1v) is 11.9. The number of H-pyrrole nitrogens is 3. The van der Waals surface area contributed by atoms with Crippen molar-refractivity contribution in [3.63, 3.8) is 0 Å². The van der Waals surface area contributed by atoms with Crippen molar-refractivity contribution in [2.45, 2.75) is 12.8 Å². The number of methoxy groups -OCH3 is 1. The summed E-state index contributed by atoms with van der Waals surface area (Å²) in [5.74, 6) is -0.726. The molecular weight excluding hydrogens is 490 g/mol. The number of nitrogens with two attached hydrogens (primary N) is 1. The summed E-state index contributed by atoms with van der Waals surface area (Å²) < 4.78 is 10.7. The predicted octanol–water partition coefficient (Wildman–Crippen LogP) is 1.82. The van der Waals surface area contributed by atoms with Gasteiger partial charge in [-0.3, -0.25) is 9.59 Å². The number of piperidine rings is 1. The number of rotatable bonds is 7. The molecule has 0 radical (unpaired) electrons. The SMILES string of the molecule is COc1c[nH+]c(N/C=C\N)c2[nH]cc(C(=O)C(=O)N3CCC(=C(c4ccccc4)c4n[nH]c(=O)o4)CC3)c12. The summed E-state index contributed by atoms with van der Waals surface area (Å²) in [7, 11) is 1.49. The van der Waals surface area contributed by atoms with E-state index in [-0.39, 0.29) is 11.5 Å². The quantitative estimate of drug-likeness (QED) is 0.213. The number of ether oxygens (including phenoxy) is 1. The van der Waals surface area contributed by atoms with Gasteiger partial charge in [0, 0.05) is 31.1 Å². The molecule has 1 fully saturated rings. The van der Waals surface area contributed by atoms with Gasteiger partial charge in [-0.2, -0.15) is 0 Å². The largest absolute Gasteiger partial charge is 0.492 e. The van der Waals surface area contributed by atoms with Crippen LogP contribution < -0.4 is 26.5 Å². The number of pyridine rings is 1. The summed E-state index contributed by atoms with van der Waals surface area (Å²) in [5, 5.41) is 9.80. The third kappa shape index (κ3) is 4.54. The second kappa shape index (κ2) is 10.5. The van der Waals surface area contributed by atoms with Crippen LogP contribution in [0.2, 0.25) is 0 Å². The zero-order valence-corrected chi connectivity index (χ0v) is 20.5. The van der Waals surface area contributed by atoms with Crippen LogP contribution in [-0.2, 0) is 4.79 Å². The van der Waals surface area contributed by atoms with E-state index in [1.165, 1.54) is 30.6 Å². The molecule has 6 N–H and O–H groups in total. The van der Waals surface area contributed by atoms with E-state index < -0.39 is 17.4 Å². The summed E-state index contributed by atoms with van der Waals surface area (Å²) in [6.45, 7) is 0.651. The minimum absolute atomic E-state index is 0.198. The fourth-order valence-electron chi connectivity index (χ4n) is 4.65. The van der Waals surface area contributed by atoms with Gasteiger partial charge in [0.1, 0.15) is 17.9 Å². The van der Waals surface area contributed by atoms with E-state index in [1.54, 1.807) is 6.20 Å². The topological polar surface area (TPSA) is 173 Å². The van der Waals surface area contributed by atoms with Crippen LogP contribution >= 0.6 is 0 Å². The molecule has 4 aromatic rings. The Labute approximate surface area is 216 Å². The number of aromatic nitrogens is 4. The van der Waals surface area contributed by atoms with Crippen LogP contribution in [0.5, 0.6) is 5.75 Å². The van der Waals surface area contributed by atoms with E-state index in [0.29, 0.717) is 54.0 Å². The third-order valence-corrected chi connectivity index (χ3v) is 6.43. The minimum atomic E-state index is -0.643. The molecule has 3 aromatic heterocycles. The van der Waals surface area contributed by atoms with Gasteiger partial charge in [-0.15, -0.1) is 5.10 Å². The van der Waals surface area contributed by atoms with E-state index in [9.17, 15) is 14.4 Å². The Bertz CT molecular complexity index is 1600. The Balaban J connectivity index is 1.41. The molecule has 194 valence electrons. The summed E-state index contributed by atoms with van der Waals surface area (Å²) >= 11 is 0. The average Bonchev–Trinajstić information content (AvgIpc) is 3.59. The zero-order chi connectivity index (χ0) is 26.6. The Kier molecular flexibility index (Phi) is 6.76. The van der Waals surface area contributed by atoms with E-state index in [4.69, 9.17) is 14.9 Å². The van der Waals surface area contributed by atoms with Crippen molar-refractivity contribution in [2.75, 3.05) is 25.5 Å². The van der Waals surface area contributed by atoms with Crippen LogP contribution in [0.4, 0.5) is 5.82 Å². The van der Waals surface area contributed by atoms with Crippen molar-refractivity contribution in [1.29, 1.82) is 0 Å². The number of hydrogen-bond acceptors (Lipinski definition) is 8. The van der Waals surface area contributed by atoms with Gasteiger partial charge in [0.2, 0.25) is 5.89 Å². The number of Topliss-reactive ketones (excluding diaryl/α,β-unsaturated/α-hetero) is 1. The number of aromatic amines is 3. The molecule has 0 spiro atoms. The normalized spacial score (nSPS) is 13.7. The van der Waals surface area contributed by atoms with Gasteiger partial charge in [0.15, 0.2) is 5.75 Å². The van der Waals surface area contributed by atoms with Gasteiger partial charge in [0.25, 0.3) is 11.7 Å². The van der Waals surface area contributed by atoms with Crippen LogP contribution in [0.3, 0.4) is 0 Å². The number of ketones is 1. The van der Waals surface area contributed by atoms with Crippen molar-refractivity contribution >= 4 is 34.0 Å². The fraction of sp³-hybridized carbons (Fsp3) is 0.192. The minimum Gasteiger partial charge on any atom is -0.492 e. The van der Waals surface area contributed by atoms with Gasteiger partial charge in [-0.25, -0.2) is 20.2 Å². The monoisotopic (exact) mass is 516 g/mol. The Morgan fingerprint density at radius 2 is 2.00 bits per heavy atom. The van der Waals surface area contributed by atoms with E-state index in [2.05, 4.69) is 25.5 Å². The summed E-state index contributed by atoms with van der Waals surface area (Å²) in [5.41, 5.74) is 8.75. The molecule has 4 heterocycles. The number of hydrogen-bond donors (Lipinski definition) is 4. The molecule has 0 saturated carbocycles. The van der Waals surface area contributed by atoms with Crippen molar-refractivity contribution in [3.05, 3.63) is 88.3 Å². The highest BCUT2D eigenvalue weighted by atomic mass is 16.5. The maximum atomic E-state index is 13.4. The maximum Gasteiger partial charge on any atom is 0.434 e. The lowest BCUT2D eigenvalue weighted by molar-refractivity contribution is -0.360. The van der Waals surface area contributed by atoms with Crippen molar-refractivity contribution in [3.8, 4) is 5.75 Å². The highest BCUT2D eigenvalue weighted by molar-refractivity contribution is 6.45. The molecule has 1 saturated heterocycles. The molecule has 5 rings (SSSR count). The van der Waals surface area contributed by atoms with Crippen LogP contribution in [0.1, 0.15) is 34.7 Å². The number of nitrogens with one attached hydrogen (secondary N) is 4.